The first-order valence-corrected chi connectivity index (χ1v) is 7.26. The maximum atomic E-state index is 5.84. The summed E-state index contributed by atoms with van der Waals surface area (Å²) in [6.45, 7) is 5.76. The van der Waals surface area contributed by atoms with Crippen LogP contribution in [0.15, 0.2) is 24.3 Å². The molecular formula is C16H23NO2. The standard InChI is InChI=1S/C16H23NO2/c1-16(10-18-11-16)12-19-15-6-4-13(5-7-15)9-14-3-2-8-17-14/h4-7,14,17H,2-3,8-12H2,1H3. The highest BCUT2D eigenvalue weighted by Gasteiger charge is 2.34. The summed E-state index contributed by atoms with van der Waals surface area (Å²) in [5.74, 6) is 0.969. The lowest BCUT2D eigenvalue weighted by Gasteiger charge is -2.37. The van der Waals surface area contributed by atoms with Gasteiger partial charge in [0.05, 0.1) is 19.8 Å². The molecular weight excluding hydrogens is 238 g/mol. The van der Waals surface area contributed by atoms with Crippen LogP contribution < -0.4 is 10.1 Å². The van der Waals surface area contributed by atoms with Crippen LogP contribution in [0.3, 0.4) is 0 Å². The van der Waals surface area contributed by atoms with Gasteiger partial charge in [-0.2, -0.15) is 0 Å². The quantitative estimate of drug-likeness (QED) is 0.883. The number of nitrogens with one attached hydrogen (secondary N) is 1. The van der Waals surface area contributed by atoms with Gasteiger partial charge in [-0.1, -0.05) is 19.1 Å². The molecule has 0 aromatic heterocycles. The van der Waals surface area contributed by atoms with Crippen molar-refractivity contribution in [1.82, 2.24) is 5.32 Å². The predicted molar refractivity (Wildman–Crippen MR) is 75.6 cm³/mol. The fourth-order valence-corrected chi connectivity index (χ4v) is 2.73. The third kappa shape index (κ3) is 3.28. The minimum atomic E-state index is 0.215. The van der Waals surface area contributed by atoms with Crippen molar-refractivity contribution < 1.29 is 9.47 Å². The van der Waals surface area contributed by atoms with Gasteiger partial charge < -0.3 is 14.8 Å². The summed E-state index contributed by atoms with van der Waals surface area (Å²) in [6.07, 6.45) is 3.74. The molecule has 2 aliphatic rings. The molecule has 0 saturated carbocycles. The Balaban J connectivity index is 1.50. The number of hydrogen-bond donors (Lipinski definition) is 1. The van der Waals surface area contributed by atoms with Crippen LogP contribution in [0.4, 0.5) is 0 Å². The molecule has 0 bridgehead atoms. The predicted octanol–water partition coefficient (Wildman–Crippen LogP) is 2.40. The molecule has 104 valence electrons. The third-order valence-corrected chi connectivity index (χ3v) is 4.06. The fraction of sp³-hybridized carbons (Fsp3) is 0.625. The second-order valence-corrected chi connectivity index (χ2v) is 6.23. The maximum Gasteiger partial charge on any atom is 0.119 e. The molecule has 0 radical (unpaired) electrons. The largest absolute Gasteiger partial charge is 0.493 e. The molecule has 3 heteroatoms. The molecule has 19 heavy (non-hydrogen) atoms. The topological polar surface area (TPSA) is 30.5 Å². The highest BCUT2D eigenvalue weighted by atomic mass is 16.5. The van der Waals surface area contributed by atoms with Crippen molar-refractivity contribution in [2.24, 2.45) is 5.41 Å². The van der Waals surface area contributed by atoms with Crippen LogP contribution in [-0.2, 0) is 11.2 Å². The molecule has 3 nitrogen and oxygen atoms in total. The lowest BCUT2D eigenvalue weighted by Crippen LogP contribution is -2.44. The highest BCUT2D eigenvalue weighted by Crippen LogP contribution is 2.27. The van der Waals surface area contributed by atoms with E-state index in [0.29, 0.717) is 6.04 Å². The van der Waals surface area contributed by atoms with E-state index in [-0.39, 0.29) is 5.41 Å². The Hall–Kier alpha value is -1.06. The van der Waals surface area contributed by atoms with Gasteiger partial charge in [0.2, 0.25) is 0 Å². The van der Waals surface area contributed by atoms with Crippen molar-refractivity contribution in [3.63, 3.8) is 0 Å². The lowest BCUT2D eigenvalue weighted by molar-refractivity contribution is -0.120. The average Bonchev–Trinajstić information content (AvgIpc) is 2.89. The molecule has 2 fully saturated rings. The molecule has 1 aromatic carbocycles. The molecule has 1 unspecified atom stereocenters. The Bertz CT molecular complexity index is 405. The Morgan fingerprint density at radius 3 is 2.68 bits per heavy atom. The molecule has 0 amide bonds. The Labute approximate surface area is 115 Å². The van der Waals surface area contributed by atoms with Gasteiger partial charge in [0.15, 0.2) is 0 Å². The normalized spacial score (nSPS) is 25.0. The van der Waals surface area contributed by atoms with E-state index in [4.69, 9.17) is 9.47 Å². The van der Waals surface area contributed by atoms with E-state index in [1.54, 1.807) is 0 Å². The summed E-state index contributed by atoms with van der Waals surface area (Å²) in [5, 5.41) is 3.53. The first-order chi connectivity index (χ1) is 9.23. The molecule has 2 aliphatic heterocycles. The van der Waals surface area contributed by atoms with Crippen LogP contribution in [0.5, 0.6) is 5.75 Å². The van der Waals surface area contributed by atoms with Crippen LogP contribution in [0.25, 0.3) is 0 Å². The minimum Gasteiger partial charge on any atom is -0.493 e. The van der Waals surface area contributed by atoms with Gasteiger partial charge in [0.25, 0.3) is 0 Å². The molecule has 3 rings (SSSR count). The first kappa shape index (κ1) is 12.9. The average molecular weight is 261 g/mol. The number of hydrogen-bond acceptors (Lipinski definition) is 3. The van der Waals surface area contributed by atoms with Crippen LogP contribution in [-0.4, -0.2) is 32.4 Å². The Morgan fingerprint density at radius 1 is 1.32 bits per heavy atom. The van der Waals surface area contributed by atoms with Gasteiger partial charge in [-0.25, -0.2) is 0 Å². The summed E-state index contributed by atoms with van der Waals surface area (Å²) in [4.78, 5) is 0. The molecule has 0 aliphatic carbocycles. The van der Waals surface area contributed by atoms with Crippen LogP contribution >= 0.6 is 0 Å². The summed E-state index contributed by atoms with van der Waals surface area (Å²) in [5.41, 5.74) is 1.61. The zero-order chi connectivity index (χ0) is 13.1. The van der Waals surface area contributed by atoms with Crippen LogP contribution in [0.2, 0.25) is 0 Å². The second-order valence-electron chi connectivity index (χ2n) is 6.23. The van der Waals surface area contributed by atoms with Gasteiger partial charge in [0.1, 0.15) is 5.75 Å². The van der Waals surface area contributed by atoms with Crippen molar-refractivity contribution in [2.45, 2.75) is 32.2 Å². The van der Waals surface area contributed by atoms with Crippen molar-refractivity contribution in [3.8, 4) is 5.75 Å². The van der Waals surface area contributed by atoms with Gasteiger partial charge in [-0.05, 0) is 43.5 Å². The van der Waals surface area contributed by atoms with E-state index >= 15 is 0 Å². The van der Waals surface area contributed by atoms with Gasteiger partial charge >= 0.3 is 0 Å². The molecule has 2 saturated heterocycles. The SMILES string of the molecule is CC1(COc2ccc(CC3CCCN3)cc2)COC1. The van der Waals surface area contributed by atoms with Gasteiger partial charge in [-0.15, -0.1) is 0 Å². The van der Waals surface area contributed by atoms with Crippen LogP contribution in [0, 0.1) is 5.41 Å². The smallest absolute Gasteiger partial charge is 0.119 e. The Morgan fingerprint density at radius 2 is 2.11 bits per heavy atom. The van der Waals surface area contributed by atoms with Crippen molar-refractivity contribution in [2.75, 3.05) is 26.4 Å². The van der Waals surface area contributed by atoms with Gasteiger partial charge in [-0.3, -0.25) is 0 Å². The highest BCUT2D eigenvalue weighted by molar-refractivity contribution is 5.28. The number of benzene rings is 1. The summed E-state index contributed by atoms with van der Waals surface area (Å²) >= 11 is 0. The van der Waals surface area contributed by atoms with Crippen molar-refractivity contribution >= 4 is 0 Å². The summed E-state index contributed by atoms with van der Waals surface area (Å²) < 4.78 is 11.1. The third-order valence-electron chi connectivity index (χ3n) is 4.06. The first-order valence-electron chi connectivity index (χ1n) is 7.26. The summed E-state index contributed by atoms with van der Waals surface area (Å²) in [6, 6.07) is 9.22. The maximum absolute atomic E-state index is 5.84. The molecule has 0 spiro atoms. The zero-order valence-electron chi connectivity index (χ0n) is 11.7. The molecule has 1 aromatic rings. The fourth-order valence-electron chi connectivity index (χ4n) is 2.73. The van der Waals surface area contributed by atoms with E-state index in [0.717, 1.165) is 32.0 Å². The summed E-state index contributed by atoms with van der Waals surface area (Å²) in [7, 11) is 0. The molecule has 1 N–H and O–H groups in total. The minimum absolute atomic E-state index is 0.215. The molecule has 2 heterocycles. The molecule has 1 atom stereocenters. The monoisotopic (exact) mass is 261 g/mol. The van der Waals surface area contributed by atoms with Gasteiger partial charge in [0, 0.05) is 11.5 Å². The van der Waals surface area contributed by atoms with E-state index in [1.807, 2.05) is 0 Å². The van der Waals surface area contributed by atoms with E-state index in [2.05, 4.69) is 36.5 Å². The van der Waals surface area contributed by atoms with Crippen molar-refractivity contribution in [1.29, 1.82) is 0 Å². The van der Waals surface area contributed by atoms with Crippen LogP contribution in [0.1, 0.15) is 25.3 Å². The lowest BCUT2D eigenvalue weighted by atomic mass is 9.90. The number of rotatable bonds is 5. The van der Waals surface area contributed by atoms with Crippen molar-refractivity contribution in [3.05, 3.63) is 29.8 Å². The Kier molecular flexibility index (Phi) is 3.76. The van der Waals surface area contributed by atoms with E-state index in [9.17, 15) is 0 Å². The second kappa shape index (κ2) is 5.51. The van der Waals surface area contributed by atoms with E-state index < -0.39 is 0 Å². The van der Waals surface area contributed by atoms with E-state index in [1.165, 1.54) is 24.9 Å². The zero-order valence-corrected chi connectivity index (χ0v) is 11.7. The number of ether oxygens (including phenoxy) is 2.